The smallest absolute Gasteiger partial charge is 0.253 e. The molecule has 1 aliphatic heterocycles. The van der Waals surface area contributed by atoms with Crippen LogP contribution in [0.15, 0.2) is 30.3 Å². The summed E-state index contributed by atoms with van der Waals surface area (Å²) in [5.41, 5.74) is 0.596. The van der Waals surface area contributed by atoms with Gasteiger partial charge in [0.05, 0.1) is 6.07 Å². The van der Waals surface area contributed by atoms with Gasteiger partial charge >= 0.3 is 0 Å². The molecular weight excluding hydrogens is 216 g/mol. The molecule has 86 valence electrons. The first kappa shape index (κ1) is 11.3. The lowest BCUT2D eigenvalue weighted by Gasteiger charge is -2.28. The van der Waals surface area contributed by atoms with E-state index < -0.39 is 5.92 Å². The normalized spacial score (nSPS) is 19.8. The van der Waals surface area contributed by atoms with E-state index in [1.54, 1.807) is 29.2 Å². The molecule has 0 aromatic heterocycles. The molecule has 0 N–H and O–H groups in total. The number of carbonyl (C=O) groups excluding carboxylic acids is 2. The van der Waals surface area contributed by atoms with Gasteiger partial charge in [0.25, 0.3) is 5.91 Å². The molecule has 1 atom stereocenters. The van der Waals surface area contributed by atoms with Crippen molar-refractivity contribution in [3.8, 4) is 6.07 Å². The summed E-state index contributed by atoms with van der Waals surface area (Å²) in [7, 11) is 0. The van der Waals surface area contributed by atoms with E-state index in [4.69, 9.17) is 5.26 Å². The summed E-state index contributed by atoms with van der Waals surface area (Å²) in [6, 6.07) is 10.9. The number of rotatable bonds is 1. The van der Waals surface area contributed by atoms with Crippen molar-refractivity contribution in [3.05, 3.63) is 35.9 Å². The summed E-state index contributed by atoms with van der Waals surface area (Å²) < 4.78 is 0. The number of benzene rings is 1. The summed E-state index contributed by atoms with van der Waals surface area (Å²) in [6.45, 7) is 0.619. The molecule has 0 radical (unpaired) electrons. The molecule has 4 heteroatoms. The molecule has 1 fully saturated rings. The molecule has 0 bridgehead atoms. The molecule has 1 aromatic carbocycles. The first-order valence-corrected chi connectivity index (χ1v) is 5.49. The number of nitriles is 1. The van der Waals surface area contributed by atoms with Crippen molar-refractivity contribution in [1.82, 2.24) is 4.90 Å². The number of hydrogen-bond acceptors (Lipinski definition) is 3. The number of likely N-dealkylation sites (tertiary alicyclic amines) is 1. The zero-order valence-electron chi connectivity index (χ0n) is 9.30. The van der Waals surface area contributed by atoms with Crippen LogP contribution in [0.25, 0.3) is 0 Å². The predicted molar refractivity (Wildman–Crippen MR) is 61.1 cm³/mol. The number of amides is 1. The summed E-state index contributed by atoms with van der Waals surface area (Å²) in [6.07, 6.45) is 0.275. The average molecular weight is 228 g/mol. The van der Waals surface area contributed by atoms with E-state index in [2.05, 4.69) is 0 Å². The number of hydrogen-bond donors (Lipinski definition) is 0. The molecule has 1 saturated heterocycles. The number of ketones is 1. The van der Waals surface area contributed by atoms with E-state index in [1.807, 2.05) is 12.1 Å². The van der Waals surface area contributed by atoms with Crippen molar-refractivity contribution >= 4 is 11.7 Å². The zero-order valence-corrected chi connectivity index (χ0v) is 9.30. The van der Waals surface area contributed by atoms with Crippen LogP contribution in [0.3, 0.4) is 0 Å². The van der Waals surface area contributed by atoms with Crippen LogP contribution in [-0.2, 0) is 4.79 Å². The average Bonchev–Trinajstić information content (AvgIpc) is 2.39. The third-order valence-electron chi connectivity index (χ3n) is 2.88. The third kappa shape index (κ3) is 2.34. The van der Waals surface area contributed by atoms with Gasteiger partial charge in [0.2, 0.25) is 0 Å². The van der Waals surface area contributed by atoms with Crippen LogP contribution in [0, 0.1) is 17.2 Å². The summed E-state index contributed by atoms with van der Waals surface area (Å²) in [4.78, 5) is 25.0. The molecule has 1 heterocycles. The zero-order chi connectivity index (χ0) is 12.3. The molecule has 0 spiro atoms. The Morgan fingerprint density at radius 1 is 1.35 bits per heavy atom. The molecule has 0 aliphatic carbocycles. The number of piperidine rings is 1. The van der Waals surface area contributed by atoms with Crippen molar-refractivity contribution in [1.29, 1.82) is 5.26 Å². The minimum Gasteiger partial charge on any atom is -0.336 e. The van der Waals surface area contributed by atoms with Gasteiger partial charge in [-0.15, -0.1) is 0 Å². The standard InChI is InChI=1S/C13H12N2O2/c14-8-11-9-15(7-6-12(11)16)13(17)10-4-2-1-3-5-10/h1-5,11H,6-7,9H2. The second-order valence-corrected chi connectivity index (χ2v) is 4.02. The first-order chi connectivity index (χ1) is 8.22. The summed E-state index contributed by atoms with van der Waals surface area (Å²) >= 11 is 0. The van der Waals surface area contributed by atoms with E-state index in [0.29, 0.717) is 12.1 Å². The Labute approximate surface area is 99.5 Å². The van der Waals surface area contributed by atoms with E-state index in [1.165, 1.54) is 0 Å². The van der Waals surface area contributed by atoms with Gasteiger partial charge in [0.1, 0.15) is 5.92 Å². The minimum absolute atomic E-state index is 0.0652. The van der Waals surface area contributed by atoms with Crippen LogP contribution in [0.5, 0.6) is 0 Å². The SMILES string of the molecule is N#CC1CN(C(=O)c2ccccc2)CCC1=O. The van der Waals surface area contributed by atoms with Gasteiger partial charge in [0, 0.05) is 25.1 Å². The Hall–Kier alpha value is -2.15. The molecule has 1 amide bonds. The molecule has 0 saturated carbocycles. The molecule has 1 unspecified atom stereocenters. The minimum atomic E-state index is -0.670. The number of Topliss-reactive ketones (excluding diaryl/α,β-unsaturated/α-hetero) is 1. The number of nitrogens with zero attached hydrogens (tertiary/aromatic N) is 2. The largest absolute Gasteiger partial charge is 0.336 e. The van der Waals surface area contributed by atoms with Crippen LogP contribution in [0.4, 0.5) is 0 Å². The quantitative estimate of drug-likeness (QED) is 0.726. The molecular formula is C13H12N2O2. The second kappa shape index (κ2) is 4.79. The van der Waals surface area contributed by atoms with Crippen molar-refractivity contribution in [3.63, 3.8) is 0 Å². The van der Waals surface area contributed by atoms with Crippen LogP contribution in [-0.4, -0.2) is 29.7 Å². The molecule has 17 heavy (non-hydrogen) atoms. The van der Waals surface area contributed by atoms with Crippen molar-refractivity contribution < 1.29 is 9.59 Å². The van der Waals surface area contributed by atoms with Gasteiger partial charge in [-0.05, 0) is 12.1 Å². The number of carbonyl (C=O) groups is 2. The van der Waals surface area contributed by atoms with E-state index in [9.17, 15) is 9.59 Å². The van der Waals surface area contributed by atoms with Crippen molar-refractivity contribution in [2.24, 2.45) is 5.92 Å². The Morgan fingerprint density at radius 2 is 2.06 bits per heavy atom. The van der Waals surface area contributed by atoms with E-state index in [-0.39, 0.29) is 24.7 Å². The lowest BCUT2D eigenvalue weighted by atomic mass is 9.97. The topological polar surface area (TPSA) is 61.2 Å². The highest BCUT2D eigenvalue weighted by Crippen LogP contribution is 2.15. The fourth-order valence-electron chi connectivity index (χ4n) is 1.89. The highest BCUT2D eigenvalue weighted by molar-refractivity contribution is 5.96. The Balaban J connectivity index is 2.12. The van der Waals surface area contributed by atoms with Gasteiger partial charge in [-0.2, -0.15) is 5.26 Å². The van der Waals surface area contributed by atoms with Gasteiger partial charge in [-0.25, -0.2) is 0 Å². The van der Waals surface area contributed by atoms with Gasteiger partial charge in [-0.1, -0.05) is 18.2 Å². The summed E-state index contributed by atoms with van der Waals surface area (Å²) in [5.74, 6) is -0.848. The first-order valence-electron chi connectivity index (χ1n) is 5.49. The molecule has 4 nitrogen and oxygen atoms in total. The highest BCUT2D eigenvalue weighted by atomic mass is 16.2. The van der Waals surface area contributed by atoms with Crippen molar-refractivity contribution in [2.45, 2.75) is 6.42 Å². The monoisotopic (exact) mass is 228 g/mol. The maximum atomic E-state index is 12.1. The fraction of sp³-hybridized carbons (Fsp3) is 0.308. The highest BCUT2D eigenvalue weighted by Gasteiger charge is 2.29. The Bertz CT molecular complexity index is 476. The van der Waals surface area contributed by atoms with Crippen LogP contribution >= 0.6 is 0 Å². The van der Waals surface area contributed by atoms with E-state index in [0.717, 1.165) is 0 Å². The van der Waals surface area contributed by atoms with Crippen LogP contribution in [0.2, 0.25) is 0 Å². The Morgan fingerprint density at radius 3 is 2.71 bits per heavy atom. The molecule has 1 aromatic rings. The van der Waals surface area contributed by atoms with Gasteiger partial charge in [-0.3, -0.25) is 9.59 Å². The third-order valence-corrected chi connectivity index (χ3v) is 2.88. The second-order valence-electron chi connectivity index (χ2n) is 4.02. The maximum absolute atomic E-state index is 12.1. The maximum Gasteiger partial charge on any atom is 0.253 e. The van der Waals surface area contributed by atoms with Gasteiger partial charge < -0.3 is 4.90 Å². The molecule has 2 rings (SSSR count). The predicted octanol–water partition coefficient (Wildman–Crippen LogP) is 1.24. The van der Waals surface area contributed by atoms with Crippen molar-refractivity contribution in [2.75, 3.05) is 13.1 Å². The van der Waals surface area contributed by atoms with Gasteiger partial charge in [0.15, 0.2) is 5.78 Å². The lowest BCUT2D eigenvalue weighted by molar-refractivity contribution is -0.123. The van der Waals surface area contributed by atoms with Crippen LogP contribution < -0.4 is 0 Å². The summed E-state index contributed by atoms with van der Waals surface area (Å²) in [5, 5.41) is 8.82. The van der Waals surface area contributed by atoms with Crippen LogP contribution in [0.1, 0.15) is 16.8 Å². The van der Waals surface area contributed by atoms with E-state index >= 15 is 0 Å². The molecule has 1 aliphatic rings. The lowest BCUT2D eigenvalue weighted by Crippen LogP contribution is -2.43. The fourth-order valence-corrected chi connectivity index (χ4v) is 1.89. The Kier molecular flexibility index (Phi) is 3.20.